The molecule has 0 saturated heterocycles. The molecule has 2 aromatic heterocycles. The number of alkyl halides is 2. The number of thiazole rings is 1. The lowest BCUT2D eigenvalue weighted by atomic mass is 10.3. The highest BCUT2D eigenvalue weighted by Gasteiger charge is 2.09. The van der Waals surface area contributed by atoms with Crippen molar-refractivity contribution in [2.75, 3.05) is 6.54 Å². The maximum Gasteiger partial charge on any atom is 0.250 e. The predicted molar refractivity (Wildman–Crippen MR) is 55.5 cm³/mol. The smallest absolute Gasteiger partial charge is 0.250 e. The largest absolute Gasteiger partial charge is 0.306 e. The molecule has 15 heavy (non-hydrogen) atoms. The van der Waals surface area contributed by atoms with Gasteiger partial charge in [-0.05, 0) is 6.92 Å². The molecule has 0 amide bonds. The van der Waals surface area contributed by atoms with Crippen LogP contribution in [0.5, 0.6) is 0 Å². The standard InChI is InChI=1S/C9H11F2N3S/c1-6-7(4-12-5-8(10)11)14-2-3-15-9(14)13-6/h2-3,8,12H,4-5H2,1H3. The van der Waals surface area contributed by atoms with Gasteiger partial charge in [-0.1, -0.05) is 0 Å². The van der Waals surface area contributed by atoms with Gasteiger partial charge in [0.15, 0.2) is 4.96 Å². The second kappa shape index (κ2) is 4.24. The van der Waals surface area contributed by atoms with Gasteiger partial charge in [0.05, 0.1) is 17.9 Å². The van der Waals surface area contributed by atoms with E-state index < -0.39 is 6.43 Å². The zero-order valence-electron chi connectivity index (χ0n) is 8.20. The van der Waals surface area contributed by atoms with E-state index in [1.165, 1.54) is 11.3 Å². The van der Waals surface area contributed by atoms with Crippen molar-refractivity contribution in [3.8, 4) is 0 Å². The van der Waals surface area contributed by atoms with Crippen LogP contribution in [0.2, 0.25) is 0 Å². The van der Waals surface area contributed by atoms with Gasteiger partial charge < -0.3 is 5.32 Å². The number of nitrogens with one attached hydrogen (secondary N) is 1. The monoisotopic (exact) mass is 231 g/mol. The van der Waals surface area contributed by atoms with E-state index in [4.69, 9.17) is 0 Å². The summed E-state index contributed by atoms with van der Waals surface area (Å²) < 4.78 is 25.8. The third-order valence-electron chi connectivity index (χ3n) is 2.15. The average molecular weight is 231 g/mol. The number of imidazole rings is 1. The van der Waals surface area contributed by atoms with Gasteiger partial charge in [0.2, 0.25) is 0 Å². The summed E-state index contributed by atoms with van der Waals surface area (Å²) in [6.07, 6.45) is -0.407. The van der Waals surface area contributed by atoms with Crippen LogP contribution in [-0.2, 0) is 6.54 Å². The van der Waals surface area contributed by atoms with Crippen molar-refractivity contribution in [3.05, 3.63) is 23.0 Å². The maximum absolute atomic E-state index is 11.9. The summed E-state index contributed by atoms with van der Waals surface area (Å²) in [5.74, 6) is 0. The number of aromatic nitrogens is 2. The van der Waals surface area contributed by atoms with Gasteiger partial charge in [-0.25, -0.2) is 13.8 Å². The van der Waals surface area contributed by atoms with Crippen LogP contribution in [0.25, 0.3) is 4.96 Å². The topological polar surface area (TPSA) is 29.3 Å². The number of fused-ring (bicyclic) bond motifs is 1. The number of nitrogens with zero attached hydrogens (tertiary/aromatic N) is 2. The molecule has 3 nitrogen and oxygen atoms in total. The Labute approximate surface area is 89.8 Å². The molecule has 0 aliphatic heterocycles. The summed E-state index contributed by atoms with van der Waals surface area (Å²) in [6.45, 7) is 2.03. The van der Waals surface area contributed by atoms with E-state index in [0.29, 0.717) is 6.54 Å². The molecule has 2 heterocycles. The Bertz CT molecular complexity index is 449. The fourth-order valence-electron chi connectivity index (χ4n) is 1.45. The van der Waals surface area contributed by atoms with Crippen LogP contribution >= 0.6 is 11.3 Å². The number of hydrogen-bond acceptors (Lipinski definition) is 3. The third-order valence-corrected chi connectivity index (χ3v) is 2.91. The Hall–Kier alpha value is -1.01. The van der Waals surface area contributed by atoms with Crippen LogP contribution in [0.15, 0.2) is 11.6 Å². The second-order valence-corrected chi connectivity index (χ2v) is 4.09. The number of halogens is 2. The molecule has 0 bridgehead atoms. The minimum Gasteiger partial charge on any atom is -0.306 e. The molecule has 6 heteroatoms. The van der Waals surface area contributed by atoms with Crippen molar-refractivity contribution in [1.82, 2.24) is 14.7 Å². The molecule has 0 aromatic carbocycles. The SMILES string of the molecule is Cc1nc2sccn2c1CNCC(F)F. The van der Waals surface area contributed by atoms with Crippen molar-refractivity contribution >= 4 is 16.3 Å². The van der Waals surface area contributed by atoms with Crippen LogP contribution in [0.4, 0.5) is 8.78 Å². The van der Waals surface area contributed by atoms with Crippen molar-refractivity contribution in [1.29, 1.82) is 0 Å². The Morgan fingerprint density at radius 3 is 3.13 bits per heavy atom. The lowest BCUT2D eigenvalue weighted by Gasteiger charge is -2.03. The van der Waals surface area contributed by atoms with E-state index in [-0.39, 0.29) is 6.54 Å². The molecule has 0 fully saturated rings. The molecule has 0 aliphatic rings. The third kappa shape index (κ3) is 2.15. The average Bonchev–Trinajstić information content (AvgIpc) is 2.68. The Balaban J connectivity index is 2.12. The first-order valence-corrected chi connectivity index (χ1v) is 5.46. The van der Waals surface area contributed by atoms with Crippen LogP contribution < -0.4 is 5.32 Å². The molecule has 2 rings (SSSR count). The number of aryl methyl sites for hydroxylation is 1. The van der Waals surface area contributed by atoms with Gasteiger partial charge in [-0.15, -0.1) is 11.3 Å². The maximum atomic E-state index is 11.9. The summed E-state index contributed by atoms with van der Waals surface area (Å²) >= 11 is 1.54. The predicted octanol–water partition coefficient (Wildman–Crippen LogP) is 2.06. The molecule has 0 radical (unpaired) electrons. The minimum atomic E-state index is -2.31. The van der Waals surface area contributed by atoms with Crippen LogP contribution in [-0.4, -0.2) is 22.4 Å². The molecule has 2 aromatic rings. The van der Waals surface area contributed by atoms with Crippen molar-refractivity contribution in [3.63, 3.8) is 0 Å². The minimum absolute atomic E-state index is 0.281. The number of rotatable bonds is 4. The van der Waals surface area contributed by atoms with E-state index in [1.54, 1.807) is 0 Å². The molecule has 0 aliphatic carbocycles. The summed E-state index contributed by atoms with van der Waals surface area (Å²) in [7, 11) is 0. The number of hydrogen-bond donors (Lipinski definition) is 1. The normalized spacial score (nSPS) is 11.7. The van der Waals surface area contributed by atoms with Crippen LogP contribution in [0.3, 0.4) is 0 Å². The molecule has 0 saturated carbocycles. The molecule has 0 unspecified atom stereocenters. The van der Waals surface area contributed by atoms with Crippen LogP contribution in [0, 0.1) is 6.92 Å². The molecular weight excluding hydrogens is 220 g/mol. The van der Waals surface area contributed by atoms with Gasteiger partial charge >= 0.3 is 0 Å². The fourth-order valence-corrected chi connectivity index (χ4v) is 2.23. The molecule has 0 atom stereocenters. The van der Waals surface area contributed by atoms with Gasteiger partial charge in [-0.2, -0.15) is 0 Å². The summed E-state index contributed by atoms with van der Waals surface area (Å²) in [6, 6.07) is 0. The highest BCUT2D eigenvalue weighted by molar-refractivity contribution is 7.15. The van der Waals surface area contributed by atoms with Gasteiger partial charge in [-0.3, -0.25) is 4.40 Å². The molecule has 0 spiro atoms. The lowest BCUT2D eigenvalue weighted by Crippen LogP contribution is -2.21. The molecule has 1 N–H and O–H groups in total. The van der Waals surface area contributed by atoms with E-state index in [1.807, 2.05) is 22.9 Å². The van der Waals surface area contributed by atoms with Crippen molar-refractivity contribution in [2.45, 2.75) is 19.9 Å². The first-order valence-electron chi connectivity index (χ1n) is 4.58. The zero-order valence-corrected chi connectivity index (χ0v) is 9.02. The van der Waals surface area contributed by atoms with Gasteiger partial charge in [0.25, 0.3) is 6.43 Å². The second-order valence-electron chi connectivity index (χ2n) is 3.22. The lowest BCUT2D eigenvalue weighted by molar-refractivity contribution is 0.145. The molecule has 82 valence electrons. The van der Waals surface area contributed by atoms with Crippen molar-refractivity contribution in [2.24, 2.45) is 0 Å². The van der Waals surface area contributed by atoms with E-state index in [9.17, 15) is 8.78 Å². The van der Waals surface area contributed by atoms with E-state index in [2.05, 4.69) is 10.3 Å². The first kappa shape index (κ1) is 10.5. The van der Waals surface area contributed by atoms with Gasteiger partial charge in [0, 0.05) is 18.1 Å². The highest BCUT2D eigenvalue weighted by Crippen LogP contribution is 2.16. The van der Waals surface area contributed by atoms with E-state index >= 15 is 0 Å². The summed E-state index contributed by atoms with van der Waals surface area (Å²) in [4.78, 5) is 5.23. The first-order chi connectivity index (χ1) is 7.18. The Morgan fingerprint density at radius 1 is 1.60 bits per heavy atom. The summed E-state index contributed by atoms with van der Waals surface area (Å²) in [5.41, 5.74) is 1.84. The fraction of sp³-hybridized carbons (Fsp3) is 0.444. The molecular formula is C9H11F2N3S. The Morgan fingerprint density at radius 2 is 2.40 bits per heavy atom. The van der Waals surface area contributed by atoms with Gasteiger partial charge in [0.1, 0.15) is 0 Å². The Kier molecular flexibility index (Phi) is 2.97. The zero-order chi connectivity index (χ0) is 10.8. The van der Waals surface area contributed by atoms with E-state index in [0.717, 1.165) is 16.3 Å². The van der Waals surface area contributed by atoms with Crippen molar-refractivity contribution < 1.29 is 8.78 Å². The summed E-state index contributed by atoms with van der Waals surface area (Å²) in [5, 5.41) is 4.63. The highest BCUT2D eigenvalue weighted by atomic mass is 32.1. The quantitative estimate of drug-likeness (QED) is 0.872. The van der Waals surface area contributed by atoms with Crippen LogP contribution in [0.1, 0.15) is 11.4 Å².